The standard InChI is InChI=1S/C18H26O/c1-13-5-4-6-16(10-13)7-8-18(19)17-11-14(2)9-15(3)12-17/h4-6,10,14-15,17H,7-9,11-12H2,1-3H3. The maximum atomic E-state index is 12.3. The van der Waals surface area contributed by atoms with Gasteiger partial charge in [-0.15, -0.1) is 0 Å². The predicted molar refractivity (Wildman–Crippen MR) is 80.2 cm³/mol. The molecule has 1 nitrogen and oxygen atoms in total. The molecule has 0 bridgehead atoms. The largest absolute Gasteiger partial charge is 0.299 e. The van der Waals surface area contributed by atoms with Gasteiger partial charge in [-0.2, -0.15) is 0 Å². The summed E-state index contributed by atoms with van der Waals surface area (Å²) in [5, 5.41) is 0. The second-order valence-electron chi connectivity index (χ2n) is 6.57. The molecule has 1 aromatic carbocycles. The quantitative estimate of drug-likeness (QED) is 0.773. The summed E-state index contributed by atoms with van der Waals surface area (Å²) >= 11 is 0. The van der Waals surface area contributed by atoms with Crippen LogP contribution in [0, 0.1) is 24.7 Å². The van der Waals surface area contributed by atoms with E-state index in [4.69, 9.17) is 0 Å². The first kappa shape index (κ1) is 14.3. The number of aryl methyl sites for hydroxylation is 2. The molecule has 0 heterocycles. The van der Waals surface area contributed by atoms with E-state index in [-0.39, 0.29) is 0 Å². The van der Waals surface area contributed by atoms with Crippen molar-refractivity contribution in [2.75, 3.05) is 0 Å². The Kier molecular flexibility index (Phi) is 4.79. The highest BCUT2D eigenvalue weighted by Crippen LogP contribution is 2.34. The van der Waals surface area contributed by atoms with Gasteiger partial charge in [0.25, 0.3) is 0 Å². The van der Waals surface area contributed by atoms with Crippen LogP contribution in [0.5, 0.6) is 0 Å². The summed E-state index contributed by atoms with van der Waals surface area (Å²) in [6.45, 7) is 6.68. The summed E-state index contributed by atoms with van der Waals surface area (Å²) < 4.78 is 0. The number of carbonyl (C=O) groups is 1. The van der Waals surface area contributed by atoms with Gasteiger partial charge >= 0.3 is 0 Å². The average Bonchev–Trinajstić information content (AvgIpc) is 2.35. The van der Waals surface area contributed by atoms with Crippen LogP contribution < -0.4 is 0 Å². The fourth-order valence-corrected chi connectivity index (χ4v) is 3.55. The fourth-order valence-electron chi connectivity index (χ4n) is 3.55. The van der Waals surface area contributed by atoms with Crippen LogP contribution in [0.25, 0.3) is 0 Å². The first-order chi connectivity index (χ1) is 9.04. The number of rotatable bonds is 4. The Hall–Kier alpha value is -1.11. The number of Topliss-reactive ketones (excluding diaryl/α,β-unsaturated/α-hetero) is 1. The van der Waals surface area contributed by atoms with E-state index in [9.17, 15) is 4.79 Å². The molecule has 1 aliphatic carbocycles. The van der Waals surface area contributed by atoms with Crippen LogP contribution in [0.2, 0.25) is 0 Å². The molecule has 104 valence electrons. The van der Waals surface area contributed by atoms with Crippen molar-refractivity contribution in [1.82, 2.24) is 0 Å². The van der Waals surface area contributed by atoms with Gasteiger partial charge in [-0.05, 0) is 50.0 Å². The summed E-state index contributed by atoms with van der Waals surface area (Å²) in [4.78, 5) is 12.3. The van der Waals surface area contributed by atoms with Gasteiger partial charge in [0, 0.05) is 12.3 Å². The van der Waals surface area contributed by atoms with Crippen molar-refractivity contribution >= 4 is 5.78 Å². The molecular formula is C18H26O. The summed E-state index contributed by atoms with van der Waals surface area (Å²) in [5.74, 6) is 2.25. The van der Waals surface area contributed by atoms with Crippen molar-refractivity contribution in [3.05, 3.63) is 35.4 Å². The lowest BCUT2D eigenvalue weighted by molar-refractivity contribution is -0.124. The zero-order chi connectivity index (χ0) is 13.8. The Labute approximate surface area is 117 Å². The number of benzene rings is 1. The minimum atomic E-state index is 0.323. The van der Waals surface area contributed by atoms with Crippen molar-refractivity contribution < 1.29 is 4.79 Å². The highest BCUT2D eigenvalue weighted by Gasteiger charge is 2.28. The Morgan fingerprint density at radius 3 is 2.47 bits per heavy atom. The van der Waals surface area contributed by atoms with E-state index in [0.717, 1.165) is 31.1 Å². The second kappa shape index (κ2) is 6.36. The number of hydrogen-bond donors (Lipinski definition) is 0. The molecular weight excluding hydrogens is 232 g/mol. The molecule has 2 rings (SSSR count). The summed E-state index contributed by atoms with van der Waals surface area (Å²) in [5.41, 5.74) is 2.58. The van der Waals surface area contributed by atoms with Crippen LogP contribution in [0.3, 0.4) is 0 Å². The Bertz CT molecular complexity index is 425. The van der Waals surface area contributed by atoms with Crippen LogP contribution in [0.4, 0.5) is 0 Å². The van der Waals surface area contributed by atoms with E-state index in [1.807, 2.05) is 0 Å². The van der Waals surface area contributed by atoms with Crippen LogP contribution in [0.1, 0.15) is 50.7 Å². The summed E-state index contributed by atoms with van der Waals surface area (Å²) in [6, 6.07) is 8.52. The van der Waals surface area contributed by atoms with Crippen LogP contribution in [-0.4, -0.2) is 5.78 Å². The minimum Gasteiger partial charge on any atom is -0.299 e. The van der Waals surface area contributed by atoms with Gasteiger partial charge in [-0.3, -0.25) is 4.79 Å². The summed E-state index contributed by atoms with van der Waals surface area (Å²) in [6.07, 6.45) is 5.13. The van der Waals surface area contributed by atoms with E-state index in [1.54, 1.807) is 0 Å². The van der Waals surface area contributed by atoms with Crippen LogP contribution in [-0.2, 0) is 11.2 Å². The maximum Gasteiger partial charge on any atom is 0.136 e. The molecule has 0 spiro atoms. The van der Waals surface area contributed by atoms with E-state index < -0.39 is 0 Å². The SMILES string of the molecule is Cc1cccc(CCC(=O)C2CC(C)CC(C)C2)c1. The summed E-state index contributed by atoms with van der Waals surface area (Å²) in [7, 11) is 0. The predicted octanol–water partition coefficient (Wildman–Crippen LogP) is 4.57. The molecule has 0 aliphatic heterocycles. The molecule has 0 amide bonds. The van der Waals surface area contributed by atoms with Gasteiger partial charge in [0.2, 0.25) is 0 Å². The topological polar surface area (TPSA) is 17.1 Å². The molecule has 2 atom stereocenters. The molecule has 0 radical (unpaired) electrons. The minimum absolute atomic E-state index is 0.323. The molecule has 19 heavy (non-hydrogen) atoms. The molecule has 0 aromatic heterocycles. The van der Waals surface area contributed by atoms with Crippen molar-refractivity contribution in [2.45, 2.75) is 52.9 Å². The van der Waals surface area contributed by atoms with Crippen molar-refractivity contribution in [1.29, 1.82) is 0 Å². The van der Waals surface area contributed by atoms with E-state index in [1.165, 1.54) is 17.5 Å². The first-order valence-electron chi connectivity index (χ1n) is 7.63. The van der Waals surface area contributed by atoms with Gasteiger partial charge in [-0.25, -0.2) is 0 Å². The average molecular weight is 258 g/mol. The monoisotopic (exact) mass is 258 g/mol. The zero-order valence-corrected chi connectivity index (χ0v) is 12.5. The molecule has 1 heteroatoms. The lowest BCUT2D eigenvalue weighted by Gasteiger charge is -2.30. The van der Waals surface area contributed by atoms with Crippen LogP contribution in [0.15, 0.2) is 24.3 Å². The smallest absolute Gasteiger partial charge is 0.136 e. The lowest BCUT2D eigenvalue weighted by Crippen LogP contribution is -2.26. The molecule has 1 aliphatic rings. The van der Waals surface area contributed by atoms with E-state index in [0.29, 0.717) is 18.1 Å². The molecule has 0 saturated heterocycles. The molecule has 1 fully saturated rings. The maximum absolute atomic E-state index is 12.3. The molecule has 1 aromatic rings. The van der Waals surface area contributed by atoms with E-state index in [2.05, 4.69) is 45.0 Å². The third-order valence-corrected chi connectivity index (χ3v) is 4.38. The fraction of sp³-hybridized carbons (Fsp3) is 0.611. The third-order valence-electron chi connectivity index (χ3n) is 4.38. The highest BCUT2D eigenvalue weighted by atomic mass is 16.1. The number of ketones is 1. The van der Waals surface area contributed by atoms with Gasteiger partial charge in [0.05, 0.1) is 0 Å². The Morgan fingerprint density at radius 2 is 1.84 bits per heavy atom. The van der Waals surface area contributed by atoms with Crippen molar-refractivity contribution in [2.24, 2.45) is 17.8 Å². The zero-order valence-electron chi connectivity index (χ0n) is 12.5. The van der Waals surface area contributed by atoms with Gasteiger partial charge < -0.3 is 0 Å². The van der Waals surface area contributed by atoms with Gasteiger partial charge in [-0.1, -0.05) is 43.7 Å². The van der Waals surface area contributed by atoms with Gasteiger partial charge in [0.1, 0.15) is 5.78 Å². The third kappa shape index (κ3) is 4.19. The highest BCUT2D eigenvalue weighted by molar-refractivity contribution is 5.81. The van der Waals surface area contributed by atoms with Crippen LogP contribution >= 0.6 is 0 Å². The Balaban J connectivity index is 1.87. The van der Waals surface area contributed by atoms with Gasteiger partial charge in [0.15, 0.2) is 0 Å². The molecule has 2 unspecified atom stereocenters. The molecule has 1 saturated carbocycles. The first-order valence-corrected chi connectivity index (χ1v) is 7.63. The van der Waals surface area contributed by atoms with Crippen molar-refractivity contribution in [3.8, 4) is 0 Å². The second-order valence-corrected chi connectivity index (χ2v) is 6.57. The van der Waals surface area contributed by atoms with E-state index >= 15 is 0 Å². The van der Waals surface area contributed by atoms with Crippen molar-refractivity contribution in [3.63, 3.8) is 0 Å². The lowest BCUT2D eigenvalue weighted by atomic mass is 9.74. The normalized spacial score (nSPS) is 27.2. The Morgan fingerprint density at radius 1 is 1.16 bits per heavy atom. The number of hydrogen-bond acceptors (Lipinski definition) is 1. The number of carbonyl (C=O) groups excluding carboxylic acids is 1. The molecule has 0 N–H and O–H groups in total.